The standard InChI is InChI=1S/C24H23N5OS/c1-16-12-14-19(15-13-16)22-27-28-24(29(22)25)31-17(2)23(30)26-21-11-7-6-10-20(21)18-8-4-3-5-9-18/h3-15,17H,25H2,1-2H3,(H,26,30). The molecule has 0 fully saturated rings. The summed E-state index contributed by atoms with van der Waals surface area (Å²) in [5, 5.41) is 11.5. The summed E-state index contributed by atoms with van der Waals surface area (Å²) in [7, 11) is 0. The SMILES string of the molecule is Cc1ccc(-c2nnc(SC(C)C(=O)Nc3ccccc3-c3ccccc3)n2N)cc1. The highest BCUT2D eigenvalue weighted by molar-refractivity contribution is 8.00. The summed E-state index contributed by atoms with van der Waals surface area (Å²) in [6, 6.07) is 25.6. The van der Waals surface area contributed by atoms with Crippen LogP contribution in [0.25, 0.3) is 22.5 Å². The third-order valence-corrected chi connectivity index (χ3v) is 5.95. The number of carbonyl (C=O) groups is 1. The number of nitrogens with one attached hydrogen (secondary N) is 1. The molecule has 3 aromatic carbocycles. The lowest BCUT2D eigenvalue weighted by molar-refractivity contribution is -0.115. The van der Waals surface area contributed by atoms with Crippen LogP contribution in [0.15, 0.2) is 84.0 Å². The summed E-state index contributed by atoms with van der Waals surface area (Å²) < 4.78 is 1.43. The number of amides is 1. The average molecular weight is 430 g/mol. The second kappa shape index (κ2) is 9.06. The average Bonchev–Trinajstić information content (AvgIpc) is 3.15. The minimum Gasteiger partial charge on any atom is -0.335 e. The van der Waals surface area contributed by atoms with Gasteiger partial charge in [-0.05, 0) is 25.5 Å². The van der Waals surface area contributed by atoms with Gasteiger partial charge in [-0.15, -0.1) is 10.2 Å². The first-order valence-electron chi connectivity index (χ1n) is 9.92. The molecule has 0 aliphatic heterocycles. The Bertz CT molecular complexity index is 1190. The zero-order valence-electron chi connectivity index (χ0n) is 17.3. The maximum atomic E-state index is 12.9. The van der Waals surface area contributed by atoms with Crippen molar-refractivity contribution in [2.75, 3.05) is 11.2 Å². The van der Waals surface area contributed by atoms with Crippen molar-refractivity contribution in [2.45, 2.75) is 24.3 Å². The van der Waals surface area contributed by atoms with Crippen LogP contribution in [0.4, 0.5) is 5.69 Å². The van der Waals surface area contributed by atoms with E-state index >= 15 is 0 Å². The maximum Gasteiger partial charge on any atom is 0.237 e. The molecule has 1 amide bonds. The van der Waals surface area contributed by atoms with Crippen molar-refractivity contribution in [1.82, 2.24) is 14.9 Å². The fourth-order valence-corrected chi connectivity index (χ4v) is 3.93. The van der Waals surface area contributed by atoms with Crippen LogP contribution >= 0.6 is 11.8 Å². The maximum absolute atomic E-state index is 12.9. The first-order valence-corrected chi connectivity index (χ1v) is 10.8. The Hall–Kier alpha value is -3.58. The first kappa shape index (κ1) is 20.7. The van der Waals surface area contributed by atoms with Gasteiger partial charge >= 0.3 is 0 Å². The van der Waals surface area contributed by atoms with Crippen molar-refractivity contribution >= 4 is 23.4 Å². The van der Waals surface area contributed by atoms with Gasteiger partial charge < -0.3 is 11.2 Å². The van der Waals surface area contributed by atoms with E-state index in [-0.39, 0.29) is 5.91 Å². The third-order valence-electron chi connectivity index (χ3n) is 4.90. The number of hydrogen-bond acceptors (Lipinski definition) is 5. The van der Waals surface area contributed by atoms with Gasteiger partial charge in [0.15, 0.2) is 5.82 Å². The molecule has 0 bridgehead atoms. The Balaban J connectivity index is 1.49. The van der Waals surface area contributed by atoms with Crippen LogP contribution in [-0.4, -0.2) is 26.0 Å². The second-order valence-electron chi connectivity index (χ2n) is 7.20. The summed E-state index contributed by atoms with van der Waals surface area (Å²) >= 11 is 1.27. The molecule has 6 nitrogen and oxygen atoms in total. The molecular weight excluding hydrogens is 406 g/mol. The topological polar surface area (TPSA) is 85.8 Å². The minimum absolute atomic E-state index is 0.131. The van der Waals surface area contributed by atoms with Crippen molar-refractivity contribution < 1.29 is 4.79 Å². The van der Waals surface area contributed by atoms with Crippen LogP contribution in [0.3, 0.4) is 0 Å². The van der Waals surface area contributed by atoms with Gasteiger partial charge in [0.1, 0.15) is 0 Å². The van der Waals surface area contributed by atoms with Crippen LogP contribution in [0.2, 0.25) is 0 Å². The molecule has 0 aliphatic carbocycles. The number of aryl methyl sites for hydroxylation is 1. The number of aromatic nitrogens is 3. The quantitative estimate of drug-likeness (QED) is 0.341. The molecule has 0 radical (unpaired) electrons. The highest BCUT2D eigenvalue weighted by atomic mass is 32.2. The fourth-order valence-electron chi connectivity index (χ4n) is 3.16. The van der Waals surface area contributed by atoms with Crippen molar-refractivity contribution in [3.63, 3.8) is 0 Å². The molecule has 0 spiro atoms. The van der Waals surface area contributed by atoms with Gasteiger partial charge in [-0.3, -0.25) is 4.79 Å². The van der Waals surface area contributed by atoms with Crippen molar-refractivity contribution in [2.24, 2.45) is 0 Å². The lowest BCUT2D eigenvalue weighted by Gasteiger charge is -2.14. The van der Waals surface area contributed by atoms with E-state index in [1.165, 1.54) is 16.4 Å². The smallest absolute Gasteiger partial charge is 0.237 e. The molecule has 1 unspecified atom stereocenters. The van der Waals surface area contributed by atoms with Crippen molar-refractivity contribution in [1.29, 1.82) is 0 Å². The lowest BCUT2D eigenvalue weighted by atomic mass is 10.0. The van der Waals surface area contributed by atoms with E-state index in [0.29, 0.717) is 11.0 Å². The lowest BCUT2D eigenvalue weighted by Crippen LogP contribution is -2.24. The molecule has 4 rings (SSSR count). The number of thioether (sulfide) groups is 1. The van der Waals surface area contributed by atoms with Gasteiger partial charge in [-0.1, -0.05) is 90.1 Å². The van der Waals surface area contributed by atoms with E-state index in [9.17, 15) is 4.79 Å². The van der Waals surface area contributed by atoms with E-state index in [0.717, 1.165) is 27.9 Å². The molecule has 1 heterocycles. The molecular formula is C24H23N5OS. The number of para-hydroxylation sites is 1. The molecule has 0 saturated carbocycles. The first-order chi connectivity index (χ1) is 15.0. The van der Waals surface area contributed by atoms with Crippen molar-refractivity contribution in [3.8, 4) is 22.5 Å². The highest BCUT2D eigenvalue weighted by Crippen LogP contribution is 2.29. The van der Waals surface area contributed by atoms with Crippen LogP contribution < -0.4 is 11.2 Å². The number of hydrogen-bond donors (Lipinski definition) is 2. The Kier molecular flexibility index (Phi) is 6.04. The van der Waals surface area contributed by atoms with E-state index in [1.54, 1.807) is 0 Å². The van der Waals surface area contributed by atoms with Gasteiger partial charge in [0, 0.05) is 16.8 Å². The van der Waals surface area contributed by atoms with Gasteiger partial charge in [0.25, 0.3) is 0 Å². The fraction of sp³-hybridized carbons (Fsp3) is 0.125. The summed E-state index contributed by atoms with van der Waals surface area (Å²) in [4.78, 5) is 12.9. The molecule has 1 atom stereocenters. The van der Waals surface area contributed by atoms with Crippen LogP contribution in [-0.2, 0) is 4.79 Å². The van der Waals surface area contributed by atoms with Crippen LogP contribution in [0, 0.1) is 6.92 Å². The van der Waals surface area contributed by atoms with Crippen molar-refractivity contribution in [3.05, 3.63) is 84.4 Å². The van der Waals surface area contributed by atoms with Crippen LogP contribution in [0.1, 0.15) is 12.5 Å². The Morgan fingerprint density at radius 2 is 1.61 bits per heavy atom. The molecule has 3 N–H and O–H groups in total. The normalized spacial score (nSPS) is 11.8. The number of benzene rings is 3. The molecule has 4 aromatic rings. The molecule has 1 aromatic heterocycles. The highest BCUT2D eigenvalue weighted by Gasteiger charge is 2.21. The van der Waals surface area contributed by atoms with E-state index in [4.69, 9.17) is 5.84 Å². The zero-order chi connectivity index (χ0) is 21.8. The van der Waals surface area contributed by atoms with Crippen LogP contribution in [0.5, 0.6) is 0 Å². The predicted octanol–water partition coefficient (Wildman–Crippen LogP) is 4.75. The number of anilines is 1. The van der Waals surface area contributed by atoms with E-state index in [1.807, 2.05) is 92.7 Å². The van der Waals surface area contributed by atoms with Gasteiger partial charge in [0.05, 0.1) is 5.25 Å². The summed E-state index contributed by atoms with van der Waals surface area (Å²) in [5.41, 5.74) is 4.81. The largest absolute Gasteiger partial charge is 0.335 e. The number of carbonyl (C=O) groups excluding carboxylic acids is 1. The summed E-state index contributed by atoms with van der Waals surface area (Å²) in [6.07, 6.45) is 0. The van der Waals surface area contributed by atoms with Gasteiger partial charge in [0.2, 0.25) is 11.1 Å². The third kappa shape index (κ3) is 4.62. The Morgan fingerprint density at radius 1 is 0.935 bits per heavy atom. The zero-order valence-corrected chi connectivity index (χ0v) is 18.1. The molecule has 0 aliphatic rings. The van der Waals surface area contributed by atoms with Gasteiger partial charge in [-0.25, -0.2) is 4.68 Å². The Labute approximate surface area is 185 Å². The number of nitrogens with zero attached hydrogens (tertiary/aromatic N) is 3. The van der Waals surface area contributed by atoms with Gasteiger partial charge in [-0.2, -0.15) is 0 Å². The molecule has 156 valence electrons. The number of rotatable bonds is 6. The predicted molar refractivity (Wildman–Crippen MR) is 126 cm³/mol. The summed E-state index contributed by atoms with van der Waals surface area (Å²) in [6.45, 7) is 3.85. The number of nitrogen functional groups attached to an aromatic ring is 1. The molecule has 31 heavy (non-hydrogen) atoms. The van der Waals surface area contributed by atoms with E-state index < -0.39 is 5.25 Å². The second-order valence-corrected chi connectivity index (χ2v) is 8.51. The number of nitrogens with two attached hydrogens (primary N) is 1. The molecule has 7 heteroatoms. The minimum atomic E-state index is -0.416. The Morgan fingerprint density at radius 3 is 2.35 bits per heavy atom. The monoisotopic (exact) mass is 429 g/mol. The molecule has 0 saturated heterocycles. The summed E-state index contributed by atoms with van der Waals surface area (Å²) in [5.74, 6) is 6.64. The van der Waals surface area contributed by atoms with E-state index in [2.05, 4.69) is 15.5 Å².